The Morgan fingerprint density at radius 1 is 1.42 bits per heavy atom. The van der Waals surface area contributed by atoms with Crippen LogP contribution in [-0.2, 0) is 0 Å². The van der Waals surface area contributed by atoms with Gasteiger partial charge in [0.25, 0.3) is 6.43 Å². The van der Waals surface area contributed by atoms with E-state index in [1.165, 1.54) is 6.07 Å². The van der Waals surface area contributed by atoms with Crippen LogP contribution in [0.25, 0.3) is 0 Å². The summed E-state index contributed by atoms with van der Waals surface area (Å²) in [6.07, 6.45) is -2.61. The van der Waals surface area contributed by atoms with Crippen LogP contribution in [0.3, 0.4) is 0 Å². The fourth-order valence-electron chi connectivity index (χ4n) is 0.802. The van der Waals surface area contributed by atoms with Crippen molar-refractivity contribution in [2.45, 2.75) is 13.3 Å². The van der Waals surface area contributed by atoms with Crippen LogP contribution >= 0.6 is 23.2 Å². The Labute approximate surface area is 78.3 Å². The molecule has 12 heavy (non-hydrogen) atoms. The van der Waals surface area contributed by atoms with E-state index < -0.39 is 6.43 Å². The molecule has 0 aliphatic carbocycles. The minimum atomic E-state index is -2.61. The van der Waals surface area contributed by atoms with Crippen LogP contribution in [0.1, 0.15) is 17.7 Å². The van der Waals surface area contributed by atoms with Crippen LogP contribution in [-0.4, -0.2) is 4.98 Å². The summed E-state index contributed by atoms with van der Waals surface area (Å²) in [6, 6.07) is 1.22. The normalized spacial score (nSPS) is 10.8. The Kier molecular flexibility index (Phi) is 2.85. The first-order chi connectivity index (χ1) is 5.52. The number of aromatic nitrogens is 1. The highest BCUT2D eigenvalue weighted by Gasteiger charge is 2.15. The summed E-state index contributed by atoms with van der Waals surface area (Å²) in [6.45, 7) is 1.58. The molecule has 0 radical (unpaired) electrons. The molecule has 0 amide bonds. The zero-order valence-electron chi connectivity index (χ0n) is 6.11. The second kappa shape index (κ2) is 3.54. The van der Waals surface area contributed by atoms with Crippen LogP contribution in [0.15, 0.2) is 6.07 Å². The van der Waals surface area contributed by atoms with Crippen molar-refractivity contribution in [1.29, 1.82) is 0 Å². The molecule has 0 aliphatic rings. The van der Waals surface area contributed by atoms with Gasteiger partial charge >= 0.3 is 0 Å². The first-order valence-corrected chi connectivity index (χ1v) is 3.88. The van der Waals surface area contributed by atoms with Gasteiger partial charge in [0, 0.05) is 11.3 Å². The molecule has 1 rings (SSSR count). The number of nitrogens with zero attached hydrogens (tertiary/aromatic N) is 1. The zero-order valence-corrected chi connectivity index (χ0v) is 7.63. The van der Waals surface area contributed by atoms with Crippen molar-refractivity contribution in [2.24, 2.45) is 0 Å². The highest BCUT2D eigenvalue weighted by atomic mass is 35.5. The number of hydrogen-bond acceptors (Lipinski definition) is 1. The molecule has 0 saturated heterocycles. The number of aryl methyl sites for hydroxylation is 1. The van der Waals surface area contributed by atoms with Crippen molar-refractivity contribution >= 4 is 23.2 Å². The van der Waals surface area contributed by atoms with Crippen LogP contribution < -0.4 is 0 Å². The molecule has 0 aliphatic heterocycles. The standard InChI is InChI=1S/C7H5Cl2F2N/c1-3-2-4(7(10)11)5(8)6(9)12-3/h2,7H,1H3. The molecular formula is C7H5Cl2F2N. The van der Waals surface area contributed by atoms with Crippen molar-refractivity contribution < 1.29 is 8.78 Å². The minimum Gasteiger partial charge on any atom is -0.240 e. The molecule has 0 fully saturated rings. The van der Waals surface area contributed by atoms with E-state index in [1.807, 2.05) is 0 Å². The van der Waals surface area contributed by atoms with Gasteiger partial charge in [0.1, 0.15) is 5.15 Å². The number of alkyl halides is 2. The summed E-state index contributed by atoms with van der Waals surface area (Å²) in [5, 5.41) is -0.246. The van der Waals surface area contributed by atoms with Crippen molar-refractivity contribution in [3.05, 3.63) is 27.5 Å². The summed E-state index contributed by atoms with van der Waals surface area (Å²) in [7, 11) is 0. The SMILES string of the molecule is Cc1cc(C(F)F)c(Cl)c(Cl)n1. The molecule has 0 unspecified atom stereocenters. The maximum atomic E-state index is 12.2. The van der Waals surface area contributed by atoms with Gasteiger partial charge in [-0.25, -0.2) is 13.8 Å². The predicted molar refractivity (Wildman–Crippen MR) is 44.0 cm³/mol. The monoisotopic (exact) mass is 211 g/mol. The maximum Gasteiger partial charge on any atom is 0.265 e. The zero-order chi connectivity index (χ0) is 9.30. The van der Waals surface area contributed by atoms with E-state index in [4.69, 9.17) is 23.2 Å². The molecule has 0 aromatic carbocycles. The Bertz CT molecular complexity index is 302. The lowest BCUT2D eigenvalue weighted by Gasteiger charge is -2.04. The molecule has 0 bridgehead atoms. The Morgan fingerprint density at radius 3 is 2.50 bits per heavy atom. The molecule has 0 atom stereocenters. The summed E-state index contributed by atoms with van der Waals surface area (Å²) >= 11 is 11.0. The molecule has 66 valence electrons. The lowest BCUT2D eigenvalue weighted by Crippen LogP contribution is -1.91. The van der Waals surface area contributed by atoms with Crippen LogP contribution in [0.4, 0.5) is 8.78 Å². The highest BCUT2D eigenvalue weighted by molar-refractivity contribution is 6.41. The molecular weight excluding hydrogens is 207 g/mol. The molecule has 5 heteroatoms. The number of hydrogen-bond donors (Lipinski definition) is 0. The van der Waals surface area contributed by atoms with E-state index in [2.05, 4.69) is 4.98 Å². The first kappa shape index (κ1) is 9.68. The van der Waals surface area contributed by atoms with Gasteiger partial charge in [-0.15, -0.1) is 0 Å². The van der Waals surface area contributed by atoms with E-state index >= 15 is 0 Å². The van der Waals surface area contributed by atoms with Gasteiger partial charge in [-0.3, -0.25) is 0 Å². The fraction of sp³-hybridized carbons (Fsp3) is 0.286. The summed E-state index contributed by atoms with van der Waals surface area (Å²) in [5.74, 6) is 0. The lowest BCUT2D eigenvalue weighted by atomic mass is 10.2. The molecule has 0 saturated carbocycles. The fourth-order valence-corrected chi connectivity index (χ4v) is 1.22. The molecule has 0 N–H and O–H groups in total. The second-order valence-electron chi connectivity index (χ2n) is 2.26. The summed E-state index contributed by atoms with van der Waals surface area (Å²) < 4.78 is 24.4. The van der Waals surface area contributed by atoms with Gasteiger partial charge in [-0.1, -0.05) is 23.2 Å². The van der Waals surface area contributed by atoms with Gasteiger partial charge in [0.15, 0.2) is 0 Å². The van der Waals surface area contributed by atoms with Crippen molar-refractivity contribution in [3.63, 3.8) is 0 Å². The third-order valence-electron chi connectivity index (χ3n) is 1.31. The third kappa shape index (κ3) is 1.84. The Hall–Kier alpha value is -0.410. The van der Waals surface area contributed by atoms with E-state index in [0.717, 1.165) is 0 Å². The van der Waals surface area contributed by atoms with Gasteiger partial charge < -0.3 is 0 Å². The second-order valence-corrected chi connectivity index (χ2v) is 2.99. The predicted octanol–water partition coefficient (Wildman–Crippen LogP) is 3.63. The molecule has 1 aromatic heterocycles. The van der Waals surface area contributed by atoms with Crippen molar-refractivity contribution in [2.75, 3.05) is 0 Å². The van der Waals surface area contributed by atoms with E-state index in [0.29, 0.717) is 5.69 Å². The summed E-state index contributed by atoms with van der Waals surface area (Å²) in [5.41, 5.74) is 0.161. The van der Waals surface area contributed by atoms with Gasteiger partial charge in [0.2, 0.25) is 0 Å². The van der Waals surface area contributed by atoms with E-state index in [1.54, 1.807) is 6.92 Å². The van der Waals surface area contributed by atoms with E-state index in [-0.39, 0.29) is 15.7 Å². The van der Waals surface area contributed by atoms with Gasteiger partial charge in [-0.05, 0) is 13.0 Å². The number of rotatable bonds is 1. The number of pyridine rings is 1. The van der Waals surface area contributed by atoms with Crippen LogP contribution in [0, 0.1) is 6.92 Å². The number of halogens is 4. The van der Waals surface area contributed by atoms with Crippen LogP contribution in [0.2, 0.25) is 10.2 Å². The topological polar surface area (TPSA) is 12.9 Å². The minimum absolute atomic E-state index is 0.0769. The third-order valence-corrected chi connectivity index (χ3v) is 2.08. The average Bonchev–Trinajstić information content (AvgIpc) is 1.96. The smallest absolute Gasteiger partial charge is 0.240 e. The Balaban J connectivity index is 3.28. The molecule has 1 heterocycles. The maximum absolute atomic E-state index is 12.2. The molecule has 0 spiro atoms. The highest BCUT2D eigenvalue weighted by Crippen LogP contribution is 2.31. The van der Waals surface area contributed by atoms with E-state index in [9.17, 15) is 8.78 Å². The van der Waals surface area contributed by atoms with Crippen molar-refractivity contribution in [1.82, 2.24) is 4.98 Å². The van der Waals surface area contributed by atoms with Crippen molar-refractivity contribution in [3.8, 4) is 0 Å². The lowest BCUT2D eigenvalue weighted by molar-refractivity contribution is 0.151. The van der Waals surface area contributed by atoms with Crippen LogP contribution in [0.5, 0.6) is 0 Å². The molecule has 1 nitrogen and oxygen atoms in total. The van der Waals surface area contributed by atoms with Gasteiger partial charge in [-0.2, -0.15) is 0 Å². The largest absolute Gasteiger partial charge is 0.265 e. The Morgan fingerprint density at radius 2 is 2.00 bits per heavy atom. The quantitative estimate of drug-likeness (QED) is 0.647. The average molecular weight is 212 g/mol. The molecule has 1 aromatic rings. The van der Waals surface area contributed by atoms with Gasteiger partial charge in [0.05, 0.1) is 5.02 Å². The first-order valence-electron chi connectivity index (χ1n) is 3.13. The summed E-state index contributed by atoms with van der Waals surface area (Å²) in [4.78, 5) is 3.72.